The maximum atomic E-state index is 11.2. The lowest BCUT2D eigenvalue weighted by atomic mass is 10.3. The summed E-state index contributed by atoms with van der Waals surface area (Å²) < 4.78 is 0.990. The monoisotopic (exact) mass is 241 g/mol. The Bertz CT molecular complexity index is 312. The first-order valence-corrected chi connectivity index (χ1v) is 4.98. The molecule has 0 spiro atoms. The zero-order chi connectivity index (χ0) is 9.84. The second-order valence-corrected chi connectivity index (χ2v) is 3.66. The standard InChI is InChI=1S/C10H12BrNO/c1-3-12(8(2)13)10-6-4-5-9(11)7-10/h4-7H,3H2,1-2H3. The number of anilines is 1. The molecule has 3 heteroatoms. The molecule has 0 bridgehead atoms. The average Bonchev–Trinajstić information content (AvgIpc) is 2.04. The number of hydrogen-bond acceptors (Lipinski definition) is 1. The second-order valence-electron chi connectivity index (χ2n) is 2.74. The first-order chi connectivity index (χ1) is 6.15. The molecule has 0 saturated heterocycles. The molecular formula is C10H12BrNO. The quantitative estimate of drug-likeness (QED) is 0.780. The molecule has 0 N–H and O–H groups in total. The van der Waals surface area contributed by atoms with Gasteiger partial charge >= 0.3 is 0 Å². The molecule has 1 rings (SSSR count). The van der Waals surface area contributed by atoms with Crippen molar-refractivity contribution < 1.29 is 4.79 Å². The fourth-order valence-corrected chi connectivity index (χ4v) is 1.62. The van der Waals surface area contributed by atoms with E-state index in [-0.39, 0.29) is 5.91 Å². The molecule has 1 aromatic carbocycles. The van der Waals surface area contributed by atoms with Crippen molar-refractivity contribution in [3.63, 3.8) is 0 Å². The van der Waals surface area contributed by atoms with Gasteiger partial charge in [0.05, 0.1) is 0 Å². The van der Waals surface area contributed by atoms with Crippen LogP contribution in [0.3, 0.4) is 0 Å². The van der Waals surface area contributed by atoms with Gasteiger partial charge in [0.25, 0.3) is 0 Å². The molecule has 0 aliphatic carbocycles. The molecule has 0 aliphatic heterocycles. The van der Waals surface area contributed by atoms with Gasteiger partial charge in [0, 0.05) is 23.6 Å². The molecule has 0 saturated carbocycles. The smallest absolute Gasteiger partial charge is 0.223 e. The van der Waals surface area contributed by atoms with Crippen LogP contribution in [0.25, 0.3) is 0 Å². The molecule has 0 radical (unpaired) electrons. The van der Waals surface area contributed by atoms with E-state index in [4.69, 9.17) is 0 Å². The highest BCUT2D eigenvalue weighted by Crippen LogP contribution is 2.19. The highest BCUT2D eigenvalue weighted by Gasteiger charge is 2.07. The van der Waals surface area contributed by atoms with Gasteiger partial charge in [0.2, 0.25) is 5.91 Å². The molecule has 0 aromatic heterocycles. The van der Waals surface area contributed by atoms with E-state index in [1.165, 1.54) is 0 Å². The van der Waals surface area contributed by atoms with E-state index >= 15 is 0 Å². The number of carbonyl (C=O) groups is 1. The van der Waals surface area contributed by atoms with Gasteiger partial charge < -0.3 is 4.90 Å². The summed E-state index contributed by atoms with van der Waals surface area (Å²) in [4.78, 5) is 12.9. The molecule has 0 unspecified atom stereocenters. The lowest BCUT2D eigenvalue weighted by Crippen LogP contribution is -2.27. The first kappa shape index (κ1) is 10.3. The van der Waals surface area contributed by atoms with Gasteiger partial charge in [0.1, 0.15) is 0 Å². The summed E-state index contributed by atoms with van der Waals surface area (Å²) in [5, 5.41) is 0. The minimum absolute atomic E-state index is 0.0700. The van der Waals surface area contributed by atoms with E-state index in [1.807, 2.05) is 31.2 Å². The van der Waals surface area contributed by atoms with E-state index in [9.17, 15) is 4.79 Å². The Labute approximate surface area is 86.7 Å². The van der Waals surface area contributed by atoms with Crippen LogP contribution >= 0.6 is 15.9 Å². The topological polar surface area (TPSA) is 20.3 Å². The lowest BCUT2D eigenvalue weighted by molar-refractivity contribution is -0.116. The number of carbonyl (C=O) groups excluding carboxylic acids is 1. The maximum Gasteiger partial charge on any atom is 0.223 e. The van der Waals surface area contributed by atoms with Crippen molar-refractivity contribution in [1.29, 1.82) is 0 Å². The minimum Gasteiger partial charge on any atom is -0.313 e. The molecule has 1 aromatic rings. The molecule has 13 heavy (non-hydrogen) atoms. The van der Waals surface area contributed by atoms with Crippen LogP contribution in [-0.2, 0) is 4.79 Å². The van der Waals surface area contributed by atoms with Crippen molar-refractivity contribution in [2.75, 3.05) is 11.4 Å². The van der Waals surface area contributed by atoms with Gasteiger partial charge in [-0.15, -0.1) is 0 Å². The third-order valence-electron chi connectivity index (χ3n) is 1.82. The first-order valence-electron chi connectivity index (χ1n) is 4.19. The Balaban J connectivity index is 2.98. The van der Waals surface area contributed by atoms with Gasteiger partial charge in [-0.2, -0.15) is 0 Å². The molecule has 2 nitrogen and oxygen atoms in total. The van der Waals surface area contributed by atoms with Crippen molar-refractivity contribution in [2.24, 2.45) is 0 Å². The van der Waals surface area contributed by atoms with Crippen molar-refractivity contribution in [3.8, 4) is 0 Å². The summed E-state index contributed by atoms with van der Waals surface area (Å²) in [5.41, 5.74) is 0.935. The molecule has 0 fully saturated rings. The van der Waals surface area contributed by atoms with Gasteiger partial charge in [-0.05, 0) is 25.1 Å². The molecule has 1 amide bonds. The summed E-state index contributed by atoms with van der Waals surface area (Å²) in [6.07, 6.45) is 0. The summed E-state index contributed by atoms with van der Waals surface area (Å²) in [6.45, 7) is 4.23. The minimum atomic E-state index is 0.0700. The van der Waals surface area contributed by atoms with E-state index in [2.05, 4.69) is 15.9 Å². The van der Waals surface area contributed by atoms with Gasteiger partial charge in [-0.3, -0.25) is 4.79 Å². The van der Waals surface area contributed by atoms with Crippen LogP contribution in [0.1, 0.15) is 13.8 Å². The number of rotatable bonds is 2. The van der Waals surface area contributed by atoms with Gasteiger partial charge in [-0.1, -0.05) is 22.0 Å². The van der Waals surface area contributed by atoms with Gasteiger partial charge in [0.15, 0.2) is 0 Å². The predicted molar refractivity (Wildman–Crippen MR) is 57.8 cm³/mol. The lowest BCUT2D eigenvalue weighted by Gasteiger charge is -2.18. The number of nitrogens with zero attached hydrogens (tertiary/aromatic N) is 1. The van der Waals surface area contributed by atoms with E-state index in [0.29, 0.717) is 6.54 Å². The zero-order valence-electron chi connectivity index (χ0n) is 7.75. The zero-order valence-corrected chi connectivity index (χ0v) is 9.34. The molecule has 70 valence electrons. The Morgan fingerprint density at radius 2 is 2.23 bits per heavy atom. The summed E-state index contributed by atoms with van der Waals surface area (Å²) >= 11 is 3.37. The van der Waals surface area contributed by atoms with E-state index in [0.717, 1.165) is 10.2 Å². The van der Waals surface area contributed by atoms with Crippen LogP contribution in [-0.4, -0.2) is 12.5 Å². The average molecular weight is 242 g/mol. The summed E-state index contributed by atoms with van der Waals surface area (Å²) in [6, 6.07) is 7.73. The van der Waals surface area contributed by atoms with Gasteiger partial charge in [-0.25, -0.2) is 0 Å². The highest BCUT2D eigenvalue weighted by atomic mass is 79.9. The van der Waals surface area contributed by atoms with Crippen LogP contribution in [0.5, 0.6) is 0 Å². The Morgan fingerprint density at radius 1 is 1.54 bits per heavy atom. The van der Waals surface area contributed by atoms with Crippen LogP contribution < -0.4 is 4.90 Å². The fraction of sp³-hybridized carbons (Fsp3) is 0.300. The molecular weight excluding hydrogens is 230 g/mol. The second kappa shape index (κ2) is 4.42. The number of halogens is 1. The predicted octanol–water partition coefficient (Wildman–Crippen LogP) is 2.82. The highest BCUT2D eigenvalue weighted by molar-refractivity contribution is 9.10. The van der Waals surface area contributed by atoms with Crippen LogP contribution in [0.15, 0.2) is 28.7 Å². The Morgan fingerprint density at radius 3 is 2.69 bits per heavy atom. The number of hydrogen-bond donors (Lipinski definition) is 0. The molecule has 0 aliphatic rings. The summed E-state index contributed by atoms with van der Waals surface area (Å²) in [5.74, 6) is 0.0700. The Kier molecular flexibility index (Phi) is 3.48. The van der Waals surface area contributed by atoms with E-state index < -0.39 is 0 Å². The van der Waals surface area contributed by atoms with Crippen LogP contribution in [0.2, 0.25) is 0 Å². The van der Waals surface area contributed by atoms with Crippen LogP contribution in [0.4, 0.5) is 5.69 Å². The normalized spacial score (nSPS) is 9.77. The van der Waals surface area contributed by atoms with Crippen molar-refractivity contribution in [3.05, 3.63) is 28.7 Å². The van der Waals surface area contributed by atoms with Crippen molar-refractivity contribution in [2.45, 2.75) is 13.8 Å². The third-order valence-corrected chi connectivity index (χ3v) is 2.31. The SMILES string of the molecule is CCN(C(C)=O)c1cccc(Br)c1. The fourth-order valence-electron chi connectivity index (χ4n) is 1.23. The van der Waals surface area contributed by atoms with Crippen LogP contribution in [0, 0.1) is 0 Å². The molecule has 0 atom stereocenters. The summed E-state index contributed by atoms with van der Waals surface area (Å²) in [7, 11) is 0. The van der Waals surface area contributed by atoms with Crippen molar-refractivity contribution >= 4 is 27.5 Å². The largest absolute Gasteiger partial charge is 0.313 e. The van der Waals surface area contributed by atoms with Crippen molar-refractivity contribution in [1.82, 2.24) is 0 Å². The van der Waals surface area contributed by atoms with E-state index in [1.54, 1.807) is 11.8 Å². The third kappa shape index (κ3) is 2.56. The maximum absolute atomic E-state index is 11.2. The number of amides is 1. The molecule has 0 heterocycles. The Hall–Kier alpha value is -0.830. The number of benzene rings is 1.